The summed E-state index contributed by atoms with van der Waals surface area (Å²) in [7, 11) is -2.99. The highest BCUT2D eigenvalue weighted by atomic mass is 32.2. The second-order valence-corrected chi connectivity index (χ2v) is 6.10. The highest BCUT2D eigenvalue weighted by molar-refractivity contribution is 7.91. The first-order valence-corrected chi connectivity index (χ1v) is 6.89. The first kappa shape index (κ1) is 11.3. The molecule has 1 N–H and O–H groups in total. The van der Waals surface area contributed by atoms with Gasteiger partial charge in [0.1, 0.15) is 0 Å². The molecule has 0 saturated carbocycles. The number of hydrogen-bond donors (Lipinski definition) is 1. The van der Waals surface area contributed by atoms with Gasteiger partial charge in [-0.05, 0) is 12.1 Å². The molecule has 0 radical (unpaired) electrons. The van der Waals surface area contributed by atoms with Crippen LogP contribution in [0.5, 0.6) is 0 Å². The fourth-order valence-corrected chi connectivity index (χ4v) is 3.20. The van der Waals surface area contributed by atoms with Crippen molar-refractivity contribution in [2.24, 2.45) is 0 Å². The molecule has 0 aliphatic carbocycles. The van der Waals surface area contributed by atoms with Crippen molar-refractivity contribution in [1.82, 2.24) is 5.32 Å². The molecule has 6 heteroatoms. The Balaban J connectivity index is 1.98. The Hall–Kier alpha value is -1.14. The molecule has 1 aliphatic heterocycles. The van der Waals surface area contributed by atoms with E-state index in [-0.39, 0.29) is 35.5 Å². The summed E-state index contributed by atoms with van der Waals surface area (Å²) in [5.74, 6) is 0.294. The van der Waals surface area contributed by atoms with Gasteiger partial charge in [-0.3, -0.25) is 4.79 Å². The van der Waals surface area contributed by atoms with E-state index in [9.17, 15) is 13.2 Å². The Labute approximate surface area is 93.7 Å². The molecule has 1 saturated heterocycles. The maximum atomic E-state index is 11.7. The average molecular weight is 243 g/mol. The van der Waals surface area contributed by atoms with E-state index in [1.54, 1.807) is 12.1 Å². The molecule has 1 aromatic heterocycles. The number of sulfone groups is 1. The van der Waals surface area contributed by atoms with E-state index in [1.807, 2.05) is 0 Å². The molecule has 1 aromatic rings. The lowest BCUT2D eigenvalue weighted by Crippen LogP contribution is -2.45. The monoisotopic (exact) mass is 243 g/mol. The predicted octanol–water partition coefficient (Wildman–Crippen LogP) is 0.239. The normalized spacial score (nSPS) is 24.1. The number of rotatable bonds is 3. The van der Waals surface area contributed by atoms with Crippen LogP contribution in [0.1, 0.15) is 17.0 Å². The van der Waals surface area contributed by atoms with E-state index < -0.39 is 9.84 Å². The van der Waals surface area contributed by atoms with E-state index in [4.69, 9.17) is 4.42 Å². The number of hydrogen-bond acceptors (Lipinski definition) is 5. The Bertz CT molecular complexity index is 463. The zero-order chi connectivity index (χ0) is 11.6. The van der Waals surface area contributed by atoms with Gasteiger partial charge in [0.2, 0.25) is 0 Å². The molecule has 2 rings (SSSR count). The largest absolute Gasteiger partial charge is 0.461 e. The highest BCUT2D eigenvalue weighted by Crippen LogP contribution is 2.10. The summed E-state index contributed by atoms with van der Waals surface area (Å²) >= 11 is 0. The molecule has 2 heterocycles. The van der Waals surface area contributed by atoms with Crippen LogP contribution in [-0.2, 0) is 9.84 Å². The quantitative estimate of drug-likeness (QED) is 0.769. The molecule has 0 spiro atoms. The molecule has 0 aromatic carbocycles. The average Bonchev–Trinajstić information content (AvgIpc) is 2.68. The van der Waals surface area contributed by atoms with Crippen LogP contribution in [-0.4, -0.2) is 38.3 Å². The van der Waals surface area contributed by atoms with Gasteiger partial charge in [0.15, 0.2) is 21.4 Å². The standard InChI is InChI=1S/C10H13NO4S/c12-9(10-2-1-4-15-10)6-8-7-16(13,14)5-3-11-8/h1-2,4,8,11H,3,5-7H2. The summed E-state index contributed by atoms with van der Waals surface area (Å²) in [4.78, 5) is 11.7. The third-order valence-corrected chi connectivity index (χ3v) is 4.27. The van der Waals surface area contributed by atoms with Crippen molar-refractivity contribution in [2.45, 2.75) is 12.5 Å². The van der Waals surface area contributed by atoms with E-state index in [0.29, 0.717) is 6.54 Å². The van der Waals surface area contributed by atoms with Crippen molar-refractivity contribution in [2.75, 3.05) is 18.1 Å². The Kier molecular flexibility index (Phi) is 3.11. The molecule has 1 unspecified atom stereocenters. The molecule has 1 fully saturated rings. The predicted molar refractivity (Wildman–Crippen MR) is 58.1 cm³/mol. The number of nitrogens with one attached hydrogen (secondary N) is 1. The van der Waals surface area contributed by atoms with Crippen molar-refractivity contribution in [3.63, 3.8) is 0 Å². The third-order valence-electron chi connectivity index (χ3n) is 2.53. The molecular weight excluding hydrogens is 230 g/mol. The van der Waals surface area contributed by atoms with Gasteiger partial charge in [-0.15, -0.1) is 0 Å². The summed E-state index contributed by atoms with van der Waals surface area (Å²) in [6, 6.07) is 2.93. The molecule has 1 atom stereocenters. The lowest BCUT2D eigenvalue weighted by atomic mass is 10.1. The Morgan fingerprint density at radius 2 is 2.38 bits per heavy atom. The minimum absolute atomic E-state index is 0.0272. The van der Waals surface area contributed by atoms with E-state index in [2.05, 4.69) is 5.32 Å². The van der Waals surface area contributed by atoms with Crippen molar-refractivity contribution in [1.29, 1.82) is 0 Å². The maximum Gasteiger partial charge on any atom is 0.199 e. The highest BCUT2D eigenvalue weighted by Gasteiger charge is 2.26. The van der Waals surface area contributed by atoms with Crippen LogP contribution in [0.3, 0.4) is 0 Å². The number of Topliss-reactive ketones (excluding diaryl/α,β-unsaturated/α-hetero) is 1. The SMILES string of the molecule is O=C(CC1CS(=O)(=O)CCN1)c1ccco1. The maximum absolute atomic E-state index is 11.7. The lowest BCUT2D eigenvalue weighted by molar-refractivity contribution is 0.0944. The van der Waals surface area contributed by atoms with Gasteiger partial charge in [-0.1, -0.05) is 0 Å². The second kappa shape index (κ2) is 4.39. The van der Waals surface area contributed by atoms with Crippen LogP contribution in [0, 0.1) is 0 Å². The first-order chi connectivity index (χ1) is 7.57. The van der Waals surface area contributed by atoms with Crippen LogP contribution in [0.15, 0.2) is 22.8 Å². The van der Waals surface area contributed by atoms with Gasteiger partial charge < -0.3 is 9.73 Å². The zero-order valence-electron chi connectivity index (χ0n) is 8.68. The van der Waals surface area contributed by atoms with E-state index in [1.165, 1.54) is 6.26 Å². The van der Waals surface area contributed by atoms with Gasteiger partial charge in [-0.25, -0.2) is 8.42 Å². The van der Waals surface area contributed by atoms with Gasteiger partial charge >= 0.3 is 0 Å². The van der Waals surface area contributed by atoms with E-state index in [0.717, 1.165) is 0 Å². The molecular formula is C10H13NO4S. The number of ketones is 1. The minimum atomic E-state index is -2.99. The molecule has 5 nitrogen and oxygen atoms in total. The molecule has 16 heavy (non-hydrogen) atoms. The van der Waals surface area contributed by atoms with Gasteiger partial charge in [0.05, 0.1) is 17.8 Å². The van der Waals surface area contributed by atoms with Crippen molar-refractivity contribution < 1.29 is 17.6 Å². The van der Waals surface area contributed by atoms with Crippen molar-refractivity contribution in [3.05, 3.63) is 24.2 Å². The Morgan fingerprint density at radius 3 is 3.00 bits per heavy atom. The topological polar surface area (TPSA) is 76.4 Å². The third kappa shape index (κ3) is 2.70. The van der Waals surface area contributed by atoms with Gasteiger partial charge in [-0.2, -0.15) is 0 Å². The fraction of sp³-hybridized carbons (Fsp3) is 0.500. The second-order valence-electron chi connectivity index (χ2n) is 3.87. The van der Waals surface area contributed by atoms with Crippen LogP contribution >= 0.6 is 0 Å². The van der Waals surface area contributed by atoms with Crippen LogP contribution in [0.4, 0.5) is 0 Å². The number of carbonyl (C=O) groups excluding carboxylic acids is 1. The first-order valence-electron chi connectivity index (χ1n) is 5.07. The summed E-state index contributed by atoms with van der Waals surface area (Å²) in [5.41, 5.74) is 0. The zero-order valence-corrected chi connectivity index (χ0v) is 9.50. The lowest BCUT2D eigenvalue weighted by Gasteiger charge is -2.22. The summed E-state index contributed by atoms with van der Waals surface area (Å²) in [6.07, 6.45) is 1.59. The van der Waals surface area contributed by atoms with Crippen molar-refractivity contribution >= 4 is 15.6 Å². The van der Waals surface area contributed by atoms with Crippen LogP contribution < -0.4 is 5.32 Å². The minimum Gasteiger partial charge on any atom is -0.461 e. The Morgan fingerprint density at radius 1 is 1.56 bits per heavy atom. The van der Waals surface area contributed by atoms with Crippen molar-refractivity contribution in [3.8, 4) is 0 Å². The van der Waals surface area contributed by atoms with Crippen LogP contribution in [0.25, 0.3) is 0 Å². The van der Waals surface area contributed by atoms with Gasteiger partial charge in [0, 0.05) is 19.0 Å². The summed E-state index contributed by atoms with van der Waals surface area (Å²) in [5, 5.41) is 3.03. The number of furan rings is 1. The molecule has 1 aliphatic rings. The van der Waals surface area contributed by atoms with Crippen LogP contribution in [0.2, 0.25) is 0 Å². The molecule has 0 amide bonds. The smallest absolute Gasteiger partial charge is 0.199 e. The molecule has 88 valence electrons. The van der Waals surface area contributed by atoms with E-state index >= 15 is 0 Å². The molecule has 0 bridgehead atoms. The summed E-state index contributed by atoms with van der Waals surface area (Å²) < 4.78 is 27.7. The number of carbonyl (C=O) groups is 1. The fourth-order valence-electron chi connectivity index (χ4n) is 1.76. The summed E-state index contributed by atoms with van der Waals surface area (Å²) in [6.45, 7) is 0.415. The van der Waals surface area contributed by atoms with Gasteiger partial charge in [0.25, 0.3) is 0 Å².